The summed E-state index contributed by atoms with van der Waals surface area (Å²) in [6, 6.07) is 0.137. The van der Waals surface area contributed by atoms with E-state index in [9.17, 15) is 4.79 Å². The lowest BCUT2D eigenvalue weighted by Gasteiger charge is -2.15. The Balaban J connectivity index is 2.56. The van der Waals surface area contributed by atoms with Gasteiger partial charge in [-0.05, 0) is 13.8 Å². The van der Waals surface area contributed by atoms with Crippen LogP contribution in [0.3, 0.4) is 0 Å². The molecule has 1 unspecified atom stereocenters. The maximum Gasteiger partial charge on any atom is 0.236 e. The first-order valence-electron chi connectivity index (χ1n) is 5.35. The number of amides is 1. The first kappa shape index (κ1) is 12.7. The van der Waals surface area contributed by atoms with Crippen molar-refractivity contribution in [3.05, 3.63) is 17.5 Å². The van der Waals surface area contributed by atoms with E-state index in [1.165, 1.54) is 0 Å². The Morgan fingerprint density at radius 2 is 2.25 bits per heavy atom. The third-order valence-electron chi connectivity index (χ3n) is 2.58. The van der Waals surface area contributed by atoms with Crippen LogP contribution >= 0.6 is 0 Å². The van der Waals surface area contributed by atoms with Gasteiger partial charge in [0.15, 0.2) is 0 Å². The van der Waals surface area contributed by atoms with Gasteiger partial charge in [0.05, 0.1) is 12.2 Å². The highest BCUT2D eigenvalue weighted by atomic mass is 16.2. The van der Waals surface area contributed by atoms with Crippen molar-refractivity contribution >= 4 is 5.91 Å². The van der Waals surface area contributed by atoms with E-state index >= 15 is 0 Å². The van der Waals surface area contributed by atoms with Crippen molar-refractivity contribution in [2.24, 2.45) is 7.05 Å². The molecule has 0 bridgehead atoms. The summed E-state index contributed by atoms with van der Waals surface area (Å²) in [5, 5.41) is 7.47. The minimum absolute atomic E-state index is 0.0772. The SMILES string of the molecule is Cc1nn(C)cc1C(C)NCC(=O)N(C)C. The van der Waals surface area contributed by atoms with Crippen LogP contribution in [0.25, 0.3) is 0 Å². The molecule has 1 aromatic heterocycles. The van der Waals surface area contributed by atoms with Gasteiger partial charge in [-0.3, -0.25) is 9.48 Å². The highest BCUT2D eigenvalue weighted by molar-refractivity contribution is 5.77. The zero-order valence-electron chi connectivity index (χ0n) is 10.6. The molecule has 5 nitrogen and oxygen atoms in total. The Morgan fingerprint density at radius 3 is 2.69 bits per heavy atom. The van der Waals surface area contributed by atoms with Crippen LogP contribution in [0, 0.1) is 6.92 Å². The molecule has 0 radical (unpaired) electrons. The van der Waals surface area contributed by atoms with Crippen molar-refractivity contribution < 1.29 is 4.79 Å². The van der Waals surface area contributed by atoms with Gasteiger partial charge in [-0.2, -0.15) is 5.10 Å². The molecule has 0 aliphatic carbocycles. The Labute approximate surface area is 96.4 Å². The largest absolute Gasteiger partial charge is 0.348 e. The molecule has 5 heteroatoms. The number of rotatable bonds is 4. The van der Waals surface area contributed by atoms with Crippen LogP contribution in [0.1, 0.15) is 24.2 Å². The fourth-order valence-electron chi connectivity index (χ4n) is 1.55. The van der Waals surface area contributed by atoms with Crippen molar-refractivity contribution in [2.75, 3.05) is 20.6 Å². The molecule has 1 aromatic rings. The van der Waals surface area contributed by atoms with Gasteiger partial charge in [-0.25, -0.2) is 0 Å². The van der Waals surface area contributed by atoms with Gasteiger partial charge in [0.1, 0.15) is 0 Å². The molecule has 1 heterocycles. The third kappa shape index (κ3) is 3.06. The zero-order chi connectivity index (χ0) is 12.3. The number of aromatic nitrogens is 2. The van der Waals surface area contributed by atoms with Gasteiger partial charge < -0.3 is 10.2 Å². The molecule has 90 valence electrons. The van der Waals surface area contributed by atoms with Crippen LogP contribution in [-0.2, 0) is 11.8 Å². The van der Waals surface area contributed by atoms with E-state index in [0.717, 1.165) is 11.3 Å². The number of nitrogens with zero attached hydrogens (tertiary/aromatic N) is 3. The molecule has 0 aromatic carbocycles. The van der Waals surface area contributed by atoms with Gasteiger partial charge in [0, 0.05) is 38.9 Å². The molecular formula is C11H20N4O. The lowest BCUT2D eigenvalue weighted by molar-refractivity contribution is -0.127. The van der Waals surface area contributed by atoms with E-state index in [1.807, 2.05) is 27.1 Å². The lowest BCUT2D eigenvalue weighted by Crippen LogP contribution is -2.34. The molecular weight excluding hydrogens is 204 g/mol. The summed E-state index contributed by atoms with van der Waals surface area (Å²) in [5.74, 6) is 0.0772. The minimum Gasteiger partial charge on any atom is -0.348 e. The predicted octanol–water partition coefficient (Wildman–Crippen LogP) is 0.467. The van der Waals surface area contributed by atoms with E-state index in [2.05, 4.69) is 10.4 Å². The van der Waals surface area contributed by atoms with Crippen molar-refractivity contribution in [1.82, 2.24) is 20.0 Å². The van der Waals surface area contributed by atoms with Gasteiger partial charge >= 0.3 is 0 Å². The second-order valence-corrected chi connectivity index (χ2v) is 4.23. The van der Waals surface area contributed by atoms with Crippen LogP contribution in [0.5, 0.6) is 0 Å². The molecule has 0 aliphatic heterocycles. The number of carbonyl (C=O) groups excluding carboxylic acids is 1. The number of aryl methyl sites for hydroxylation is 2. The monoisotopic (exact) mass is 224 g/mol. The van der Waals surface area contributed by atoms with E-state index < -0.39 is 0 Å². The van der Waals surface area contributed by atoms with Crippen LogP contribution in [0.15, 0.2) is 6.20 Å². The topological polar surface area (TPSA) is 50.2 Å². The number of hydrogen-bond donors (Lipinski definition) is 1. The van der Waals surface area contributed by atoms with Crippen molar-refractivity contribution in [2.45, 2.75) is 19.9 Å². The number of likely N-dealkylation sites (N-methyl/N-ethyl adjacent to an activating group) is 1. The fraction of sp³-hybridized carbons (Fsp3) is 0.636. The summed E-state index contributed by atoms with van der Waals surface area (Å²) in [7, 11) is 5.40. The average molecular weight is 224 g/mol. The first-order valence-corrected chi connectivity index (χ1v) is 5.35. The highest BCUT2D eigenvalue weighted by Crippen LogP contribution is 2.14. The molecule has 0 fully saturated rings. The molecule has 0 aliphatic rings. The Kier molecular flexibility index (Phi) is 4.06. The molecule has 0 saturated carbocycles. The summed E-state index contributed by atoms with van der Waals surface area (Å²) in [5.41, 5.74) is 2.13. The quantitative estimate of drug-likeness (QED) is 0.808. The van der Waals surface area contributed by atoms with Crippen molar-refractivity contribution in [3.8, 4) is 0 Å². The van der Waals surface area contributed by atoms with E-state index in [4.69, 9.17) is 0 Å². The first-order chi connectivity index (χ1) is 7.41. The van der Waals surface area contributed by atoms with Crippen LogP contribution in [-0.4, -0.2) is 41.2 Å². The lowest BCUT2D eigenvalue weighted by atomic mass is 10.1. The molecule has 16 heavy (non-hydrogen) atoms. The Bertz CT molecular complexity index is 370. The van der Waals surface area contributed by atoms with Crippen LogP contribution in [0.4, 0.5) is 0 Å². The smallest absolute Gasteiger partial charge is 0.236 e. The second kappa shape index (κ2) is 5.12. The predicted molar refractivity (Wildman–Crippen MR) is 63.1 cm³/mol. The van der Waals surface area contributed by atoms with Crippen LogP contribution < -0.4 is 5.32 Å². The second-order valence-electron chi connectivity index (χ2n) is 4.23. The van der Waals surface area contributed by atoms with Crippen LogP contribution in [0.2, 0.25) is 0 Å². The number of carbonyl (C=O) groups is 1. The van der Waals surface area contributed by atoms with E-state index in [0.29, 0.717) is 6.54 Å². The molecule has 1 amide bonds. The van der Waals surface area contributed by atoms with E-state index in [1.54, 1.807) is 23.7 Å². The van der Waals surface area contributed by atoms with Crippen molar-refractivity contribution in [1.29, 1.82) is 0 Å². The van der Waals surface area contributed by atoms with Gasteiger partial charge in [0.2, 0.25) is 5.91 Å². The van der Waals surface area contributed by atoms with Gasteiger partial charge in [-0.1, -0.05) is 0 Å². The normalized spacial score (nSPS) is 12.6. The van der Waals surface area contributed by atoms with E-state index in [-0.39, 0.29) is 11.9 Å². The maximum absolute atomic E-state index is 11.4. The van der Waals surface area contributed by atoms with Gasteiger partial charge in [0.25, 0.3) is 0 Å². The number of nitrogens with one attached hydrogen (secondary N) is 1. The molecule has 0 saturated heterocycles. The Morgan fingerprint density at radius 1 is 1.62 bits per heavy atom. The summed E-state index contributed by atoms with van der Waals surface area (Å²) in [6.07, 6.45) is 1.98. The summed E-state index contributed by atoms with van der Waals surface area (Å²) < 4.78 is 1.79. The highest BCUT2D eigenvalue weighted by Gasteiger charge is 2.13. The van der Waals surface area contributed by atoms with Crippen molar-refractivity contribution in [3.63, 3.8) is 0 Å². The van der Waals surface area contributed by atoms with Gasteiger partial charge in [-0.15, -0.1) is 0 Å². The molecule has 1 atom stereocenters. The number of hydrogen-bond acceptors (Lipinski definition) is 3. The third-order valence-corrected chi connectivity index (χ3v) is 2.58. The summed E-state index contributed by atoms with van der Waals surface area (Å²) in [6.45, 7) is 4.36. The minimum atomic E-state index is 0.0772. The molecule has 0 spiro atoms. The zero-order valence-corrected chi connectivity index (χ0v) is 10.6. The summed E-state index contributed by atoms with van der Waals surface area (Å²) >= 11 is 0. The molecule has 1 rings (SSSR count). The maximum atomic E-state index is 11.4. The fourth-order valence-corrected chi connectivity index (χ4v) is 1.55. The standard InChI is InChI=1S/C11H20N4O/c1-8(12-6-11(16)14(3)4)10-7-15(5)13-9(10)2/h7-8,12H,6H2,1-5H3. The summed E-state index contributed by atoms with van der Waals surface area (Å²) in [4.78, 5) is 13.0. The Hall–Kier alpha value is -1.36. The average Bonchev–Trinajstić information content (AvgIpc) is 2.53. The molecule has 1 N–H and O–H groups in total.